The van der Waals surface area contributed by atoms with Gasteiger partial charge in [0.2, 0.25) is 5.90 Å². The number of oxime groups is 1. The molecule has 0 aromatic carbocycles. The van der Waals surface area contributed by atoms with Crippen molar-refractivity contribution in [3.8, 4) is 11.8 Å². The zero-order valence-electron chi connectivity index (χ0n) is 9.42. The van der Waals surface area contributed by atoms with Crippen molar-refractivity contribution >= 4 is 5.90 Å². The van der Waals surface area contributed by atoms with Gasteiger partial charge in [-0.1, -0.05) is 11.1 Å². The van der Waals surface area contributed by atoms with E-state index in [4.69, 9.17) is 9.57 Å². The Morgan fingerprint density at radius 2 is 2.13 bits per heavy atom. The van der Waals surface area contributed by atoms with Gasteiger partial charge in [-0.15, -0.1) is 0 Å². The molecule has 15 heavy (non-hydrogen) atoms. The highest BCUT2D eigenvalue weighted by Crippen LogP contribution is 2.00. The fourth-order valence-electron chi connectivity index (χ4n) is 0.858. The largest absolute Gasteiger partial charge is 1.00 e. The summed E-state index contributed by atoms with van der Waals surface area (Å²) in [7, 11) is 6.30. The van der Waals surface area contributed by atoms with Crippen LogP contribution in [0.15, 0.2) is 5.16 Å². The van der Waals surface area contributed by atoms with E-state index in [0.29, 0.717) is 19.1 Å². The molecule has 0 bridgehead atoms. The standard InChI is InChI=1S/C10H17N2O2.HI/c1-12(2,3)7-4-5-8-13-10-6-9-14-11-10;/h6-9H2,1-3H3;1H/q+1;/p-1. The number of nitrogens with zero attached hydrogens (tertiary/aromatic N) is 2. The first kappa shape index (κ1) is 14.5. The third kappa shape index (κ3) is 7.45. The van der Waals surface area contributed by atoms with Crippen molar-refractivity contribution in [3.05, 3.63) is 0 Å². The fourth-order valence-corrected chi connectivity index (χ4v) is 0.858. The number of hydrogen-bond acceptors (Lipinski definition) is 3. The Bertz CT molecular complexity index is 273. The summed E-state index contributed by atoms with van der Waals surface area (Å²) in [5.74, 6) is 6.65. The van der Waals surface area contributed by atoms with Crippen molar-refractivity contribution in [3.63, 3.8) is 0 Å². The first-order valence-electron chi connectivity index (χ1n) is 4.66. The summed E-state index contributed by atoms with van der Waals surface area (Å²) in [6, 6.07) is 0. The molecule has 0 saturated heterocycles. The van der Waals surface area contributed by atoms with Crippen molar-refractivity contribution in [2.24, 2.45) is 5.16 Å². The number of quaternary nitrogens is 1. The zero-order chi connectivity index (χ0) is 10.4. The second kappa shape index (κ2) is 6.90. The second-order valence-corrected chi connectivity index (χ2v) is 4.16. The Morgan fingerprint density at radius 3 is 2.67 bits per heavy atom. The minimum Gasteiger partial charge on any atom is -1.00 e. The zero-order valence-corrected chi connectivity index (χ0v) is 11.6. The lowest BCUT2D eigenvalue weighted by Crippen LogP contribution is -3.00. The van der Waals surface area contributed by atoms with Crippen LogP contribution in [0, 0.1) is 11.8 Å². The van der Waals surface area contributed by atoms with E-state index in [9.17, 15) is 0 Å². The van der Waals surface area contributed by atoms with E-state index in [1.54, 1.807) is 0 Å². The lowest BCUT2D eigenvalue weighted by atomic mass is 10.4. The van der Waals surface area contributed by atoms with Gasteiger partial charge in [-0.3, -0.25) is 0 Å². The number of halogens is 1. The summed E-state index contributed by atoms with van der Waals surface area (Å²) in [6.45, 7) is 1.86. The van der Waals surface area contributed by atoms with Crippen LogP contribution in [0.25, 0.3) is 0 Å². The Morgan fingerprint density at radius 1 is 1.40 bits per heavy atom. The molecule has 1 aliphatic rings. The minimum atomic E-state index is 0. The van der Waals surface area contributed by atoms with Gasteiger partial charge < -0.3 is 38.0 Å². The monoisotopic (exact) mass is 324 g/mol. The molecule has 0 spiro atoms. The first-order chi connectivity index (χ1) is 6.58. The maximum atomic E-state index is 5.26. The van der Waals surface area contributed by atoms with E-state index < -0.39 is 0 Å². The van der Waals surface area contributed by atoms with Gasteiger partial charge >= 0.3 is 0 Å². The quantitative estimate of drug-likeness (QED) is 0.318. The van der Waals surface area contributed by atoms with Crippen molar-refractivity contribution in [1.82, 2.24) is 0 Å². The first-order valence-corrected chi connectivity index (χ1v) is 4.66. The molecule has 0 atom stereocenters. The van der Waals surface area contributed by atoms with Gasteiger partial charge in [-0.25, -0.2) is 0 Å². The van der Waals surface area contributed by atoms with Gasteiger partial charge in [0.25, 0.3) is 0 Å². The van der Waals surface area contributed by atoms with Crippen LogP contribution in [0.5, 0.6) is 0 Å². The molecule has 0 aliphatic carbocycles. The Balaban J connectivity index is 0.00000196. The highest BCUT2D eigenvalue weighted by Gasteiger charge is 2.07. The third-order valence-corrected chi connectivity index (χ3v) is 1.56. The lowest BCUT2D eigenvalue weighted by Gasteiger charge is -2.19. The van der Waals surface area contributed by atoms with Crippen LogP contribution in [0.3, 0.4) is 0 Å². The van der Waals surface area contributed by atoms with E-state index in [1.165, 1.54) is 0 Å². The molecular weight excluding hydrogens is 307 g/mol. The van der Waals surface area contributed by atoms with Crippen LogP contribution in [-0.4, -0.2) is 51.3 Å². The Kier molecular flexibility index (Phi) is 6.68. The highest BCUT2D eigenvalue weighted by atomic mass is 127. The van der Waals surface area contributed by atoms with Gasteiger partial charge in [0.05, 0.1) is 27.6 Å². The van der Waals surface area contributed by atoms with E-state index in [0.717, 1.165) is 17.4 Å². The molecule has 0 aromatic rings. The van der Waals surface area contributed by atoms with Gasteiger partial charge in [0.1, 0.15) is 13.2 Å². The summed E-state index contributed by atoms with van der Waals surface area (Å²) in [5.41, 5.74) is 0. The van der Waals surface area contributed by atoms with E-state index in [2.05, 4.69) is 38.1 Å². The molecule has 0 N–H and O–H groups in total. The molecule has 0 aromatic heterocycles. The lowest BCUT2D eigenvalue weighted by molar-refractivity contribution is -0.862. The Labute approximate surface area is 108 Å². The van der Waals surface area contributed by atoms with Gasteiger partial charge in [0, 0.05) is 0 Å². The van der Waals surface area contributed by atoms with Gasteiger partial charge in [-0.05, 0) is 5.92 Å². The Hall–Kier alpha value is -0.480. The highest BCUT2D eigenvalue weighted by molar-refractivity contribution is 5.76. The summed E-state index contributed by atoms with van der Waals surface area (Å²) in [5, 5.41) is 3.70. The molecule has 0 radical (unpaired) electrons. The van der Waals surface area contributed by atoms with Crippen LogP contribution in [0.4, 0.5) is 0 Å². The summed E-state index contributed by atoms with van der Waals surface area (Å²) in [6.07, 6.45) is 0.761. The van der Waals surface area contributed by atoms with E-state index >= 15 is 0 Å². The third-order valence-electron chi connectivity index (χ3n) is 1.56. The molecule has 4 nitrogen and oxygen atoms in total. The van der Waals surface area contributed by atoms with Gasteiger partial charge in [-0.2, -0.15) is 0 Å². The molecular formula is C10H17IN2O2. The topological polar surface area (TPSA) is 30.8 Å². The SMILES string of the molecule is C[N+](C)(C)CC#CCOC1=NOCC1.[I-]. The molecule has 1 rings (SSSR count). The van der Waals surface area contributed by atoms with E-state index in [-0.39, 0.29) is 24.0 Å². The molecule has 1 aliphatic heterocycles. The van der Waals surface area contributed by atoms with Crippen molar-refractivity contribution in [2.45, 2.75) is 6.42 Å². The average Bonchev–Trinajstić information content (AvgIpc) is 2.54. The van der Waals surface area contributed by atoms with Crippen molar-refractivity contribution < 1.29 is 38.0 Å². The van der Waals surface area contributed by atoms with Crippen LogP contribution in [-0.2, 0) is 9.57 Å². The predicted molar refractivity (Wildman–Crippen MR) is 54.6 cm³/mol. The van der Waals surface area contributed by atoms with Crippen molar-refractivity contribution in [1.29, 1.82) is 0 Å². The van der Waals surface area contributed by atoms with Crippen LogP contribution in [0.2, 0.25) is 0 Å². The molecule has 0 fully saturated rings. The average molecular weight is 324 g/mol. The van der Waals surface area contributed by atoms with Crippen LogP contribution >= 0.6 is 0 Å². The molecule has 5 heteroatoms. The molecule has 0 unspecified atom stereocenters. The summed E-state index contributed by atoms with van der Waals surface area (Å²) < 4.78 is 6.11. The number of hydrogen-bond donors (Lipinski definition) is 0. The smallest absolute Gasteiger partial charge is 0.230 e. The summed E-state index contributed by atoms with van der Waals surface area (Å²) in [4.78, 5) is 4.78. The maximum absolute atomic E-state index is 5.26. The minimum absolute atomic E-state index is 0. The number of ether oxygens (including phenoxy) is 1. The van der Waals surface area contributed by atoms with Crippen molar-refractivity contribution in [2.75, 3.05) is 40.9 Å². The molecule has 1 heterocycles. The second-order valence-electron chi connectivity index (χ2n) is 4.16. The molecule has 86 valence electrons. The molecule has 0 saturated carbocycles. The number of rotatable bonds is 2. The van der Waals surface area contributed by atoms with Crippen LogP contribution in [0.1, 0.15) is 6.42 Å². The maximum Gasteiger partial charge on any atom is 0.230 e. The summed E-state index contributed by atoms with van der Waals surface area (Å²) >= 11 is 0. The van der Waals surface area contributed by atoms with E-state index in [1.807, 2.05) is 0 Å². The van der Waals surface area contributed by atoms with Gasteiger partial charge in [0.15, 0.2) is 6.61 Å². The predicted octanol–water partition coefficient (Wildman–Crippen LogP) is -2.55. The van der Waals surface area contributed by atoms with Crippen LogP contribution < -0.4 is 24.0 Å². The fraction of sp³-hybridized carbons (Fsp3) is 0.700. The normalized spacial score (nSPS) is 14.2. The molecule has 0 amide bonds.